The number of aromatic nitrogens is 2. The molecule has 0 spiro atoms. The van der Waals surface area contributed by atoms with E-state index >= 15 is 0 Å². The summed E-state index contributed by atoms with van der Waals surface area (Å²) in [5.74, 6) is -1.33. The topological polar surface area (TPSA) is 76.0 Å². The molecule has 0 radical (unpaired) electrons. The van der Waals surface area contributed by atoms with Crippen molar-refractivity contribution in [3.8, 4) is 0 Å². The van der Waals surface area contributed by atoms with Gasteiger partial charge in [-0.3, -0.25) is 25.1 Å². The maximum absolute atomic E-state index is 12.8. The molecule has 168 valence electrons. The number of nitrogens with one attached hydrogen (secondary N) is 2. The number of hydrazine groups is 1. The van der Waals surface area contributed by atoms with E-state index < -0.39 is 23.6 Å². The fraction of sp³-hybridized carbons (Fsp3) is 0.261. The maximum Gasteiger partial charge on any atom is 0.416 e. The van der Waals surface area contributed by atoms with Crippen molar-refractivity contribution >= 4 is 11.8 Å². The van der Waals surface area contributed by atoms with Crippen LogP contribution in [0.15, 0.2) is 60.7 Å². The third-order valence-electron chi connectivity index (χ3n) is 4.72. The lowest BCUT2D eigenvalue weighted by molar-refractivity contribution is -0.137. The van der Waals surface area contributed by atoms with Gasteiger partial charge in [-0.15, -0.1) is 0 Å². The third-order valence-corrected chi connectivity index (χ3v) is 4.72. The lowest BCUT2D eigenvalue weighted by Crippen LogP contribution is -2.42. The molecule has 0 fully saturated rings. The first-order valence-electron chi connectivity index (χ1n) is 9.85. The van der Waals surface area contributed by atoms with Crippen molar-refractivity contribution < 1.29 is 22.8 Å². The molecular formula is C23H23F3N4O2. The molecule has 6 nitrogen and oxygen atoms in total. The van der Waals surface area contributed by atoms with Gasteiger partial charge in [0, 0.05) is 11.0 Å². The van der Waals surface area contributed by atoms with Gasteiger partial charge in [-0.2, -0.15) is 18.3 Å². The normalized spacial score (nSPS) is 11.8. The van der Waals surface area contributed by atoms with Crippen molar-refractivity contribution in [1.29, 1.82) is 0 Å². The van der Waals surface area contributed by atoms with Gasteiger partial charge in [0.15, 0.2) is 0 Å². The highest BCUT2D eigenvalue weighted by Gasteiger charge is 2.30. The lowest BCUT2D eigenvalue weighted by atomic mass is 9.92. The molecule has 0 aliphatic heterocycles. The Morgan fingerprint density at radius 1 is 0.906 bits per heavy atom. The first kappa shape index (κ1) is 23.1. The second kappa shape index (κ2) is 8.86. The van der Waals surface area contributed by atoms with Crippen molar-refractivity contribution in [2.75, 3.05) is 0 Å². The van der Waals surface area contributed by atoms with Crippen LogP contribution in [0.3, 0.4) is 0 Å². The standard InChI is InChI=1S/C23H23F3N4O2/c1-22(2,3)19-13-18(30(29-19)14-15-7-5-4-6-8-15)21(32)28-27-20(31)16-9-11-17(12-10-16)23(24,25)26/h4-13H,14H2,1-3H3,(H,27,31)(H,28,32). The van der Waals surface area contributed by atoms with Gasteiger partial charge < -0.3 is 0 Å². The summed E-state index contributed by atoms with van der Waals surface area (Å²) >= 11 is 0. The Morgan fingerprint density at radius 2 is 1.50 bits per heavy atom. The second-order valence-corrected chi connectivity index (χ2v) is 8.29. The monoisotopic (exact) mass is 444 g/mol. The second-order valence-electron chi connectivity index (χ2n) is 8.29. The quantitative estimate of drug-likeness (QED) is 0.589. The summed E-state index contributed by atoms with van der Waals surface area (Å²) in [6.07, 6.45) is -4.49. The van der Waals surface area contributed by atoms with Crippen LogP contribution in [0.2, 0.25) is 0 Å². The number of halogens is 3. The number of nitrogens with zero attached hydrogens (tertiary/aromatic N) is 2. The van der Waals surface area contributed by atoms with Gasteiger partial charge in [0.2, 0.25) is 0 Å². The molecule has 0 bridgehead atoms. The highest BCUT2D eigenvalue weighted by Crippen LogP contribution is 2.29. The fourth-order valence-corrected chi connectivity index (χ4v) is 2.90. The van der Waals surface area contributed by atoms with Gasteiger partial charge in [0.1, 0.15) is 5.69 Å². The van der Waals surface area contributed by atoms with Crippen molar-refractivity contribution in [3.63, 3.8) is 0 Å². The van der Waals surface area contributed by atoms with Crippen LogP contribution in [0.25, 0.3) is 0 Å². The molecule has 0 saturated heterocycles. The summed E-state index contributed by atoms with van der Waals surface area (Å²) in [4.78, 5) is 25.0. The van der Waals surface area contributed by atoms with E-state index in [1.807, 2.05) is 51.1 Å². The molecule has 32 heavy (non-hydrogen) atoms. The van der Waals surface area contributed by atoms with E-state index in [0.29, 0.717) is 12.2 Å². The van der Waals surface area contributed by atoms with Gasteiger partial charge in [0.25, 0.3) is 11.8 Å². The van der Waals surface area contributed by atoms with Crippen molar-refractivity contribution in [2.45, 2.75) is 38.9 Å². The summed E-state index contributed by atoms with van der Waals surface area (Å²) in [6.45, 7) is 6.26. The number of hydrogen-bond acceptors (Lipinski definition) is 3. The minimum Gasteiger partial charge on any atom is -0.267 e. The van der Waals surface area contributed by atoms with E-state index in [0.717, 1.165) is 29.8 Å². The predicted molar refractivity (Wildman–Crippen MR) is 113 cm³/mol. The molecule has 3 rings (SSSR count). The highest BCUT2D eigenvalue weighted by atomic mass is 19.4. The first-order valence-corrected chi connectivity index (χ1v) is 9.85. The average molecular weight is 444 g/mol. The minimum absolute atomic E-state index is 0.0218. The summed E-state index contributed by atoms with van der Waals surface area (Å²) in [5, 5.41) is 4.55. The van der Waals surface area contributed by atoms with Crippen LogP contribution in [0.5, 0.6) is 0 Å². The van der Waals surface area contributed by atoms with Gasteiger partial charge in [-0.05, 0) is 35.9 Å². The lowest BCUT2D eigenvalue weighted by Gasteiger charge is -2.14. The van der Waals surface area contributed by atoms with E-state index in [1.165, 1.54) is 0 Å². The number of benzene rings is 2. The van der Waals surface area contributed by atoms with Crippen LogP contribution >= 0.6 is 0 Å². The van der Waals surface area contributed by atoms with E-state index in [-0.39, 0.29) is 16.7 Å². The molecule has 0 aliphatic rings. The Balaban J connectivity index is 1.75. The molecular weight excluding hydrogens is 421 g/mol. The number of amides is 2. The first-order chi connectivity index (χ1) is 14.9. The predicted octanol–water partition coefficient (Wildman–Crippen LogP) is 4.32. The summed E-state index contributed by atoms with van der Waals surface area (Å²) in [7, 11) is 0. The van der Waals surface area contributed by atoms with Crippen LogP contribution < -0.4 is 10.9 Å². The average Bonchev–Trinajstić information content (AvgIpc) is 3.16. The third kappa shape index (κ3) is 5.54. The molecule has 0 unspecified atom stereocenters. The number of carbonyl (C=O) groups is 2. The molecule has 9 heteroatoms. The SMILES string of the molecule is CC(C)(C)c1cc(C(=O)NNC(=O)c2ccc(C(F)(F)F)cc2)n(Cc2ccccc2)n1. The fourth-order valence-electron chi connectivity index (χ4n) is 2.90. The number of carbonyl (C=O) groups excluding carboxylic acids is 2. The Morgan fingerprint density at radius 3 is 2.06 bits per heavy atom. The molecule has 2 N–H and O–H groups in total. The molecule has 3 aromatic rings. The molecule has 1 aromatic heterocycles. The smallest absolute Gasteiger partial charge is 0.267 e. The van der Waals surface area contributed by atoms with Crippen LogP contribution in [-0.2, 0) is 18.1 Å². The number of rotatable bonds is 4. The Kier molecular flexibility index (Phi) is 6.38. The molecule has 2 aromatic carbocycles. The van der Waals surface area contributed by atoms with Crippen molar-refractivity contribution in [1.82, 2.24) is 20.6 Å². The zero-order valence-electron chi connectivity index (χ0n) is 17.8. The van der Waals surface area contributed by atoms with Crippen LogP contribution in [0.4, 0.5) is 13.2 Å². The Hall–Kier alpha value is -3.62. The molecule has 0 atom stereocenters. The Labute approximate surface area is 183 Å². The molecule has 0 aliphatic carbocycles. The van der Waals surface area contributed by atoms with Gasteiger partial charge in [-0.25, -0.2) is 0 Å². The summed E-state index contributed by atoms with van der Waals surface area (Å²) in [5.41, 5.74) is 5.24. The van der Waals surface area contributed by atoms with E-state index in [9.17, 15) is 22.8 Å². The number of alkyl halides is 3. The summed E-state index contributed by atoms with van der Waals surface area (Å²) < 4.78 is 39.6. The van der Waals surface area contributed by atoms with E-state index in [1.54, 1.807) is 10.7 Å². The van der Waals surface area contributed by atoms with Crippen molar-refractivity contribution in [3.05, 3.63) is 88.7 Å². The zero-order valence-corrected chi connectivity index (χ0v) is 17.8. The van der Waals surface area contributed by atoms with Crippen molar-refractivity contribution in [2.24, 2.45) is 0 Å². The van der Waals surface area contributed by atoms with Gasteiger partial charge >= 0.3 is 6.18 Å². The van der Waals surface area contributed by atoms with Gasteiger partial charge in [-0.1, -0.05) is 51.1 Å². The van der Waals surface area contributed by atoms with E-state index in [4.69, 9.17) is 0 Å². The zero-order chi connectivity index (χ0) is 23.5. The molecule has 0 saturated carbocycles. The molecule has 2 amide bonds. The van der Waals surface area contributed by atoms with E-state index in [2.05, 4.69) is 16.0 Å². The largest absolute Gasteiger partial charge is 0.416 e. The highest BCUT2D eigenvalue weighted by molar-refractivity contribution is 5.98. The summed E-state index contributed by atoms with van der Waals surface area (Å²) in [6, 6.07) is 14.8. The van der Waals surface area contributed by atoms with Crippen LogP contribution in [0.1, 0.15) is 58.4 Å². The van der Waals surface area contributed by atoms with Crippen LogP contribution in [-0.4, -0.2) is 21.6 Å². The minimum atomic E-state index is -4.49. The number of hydrogen-bond donors (Lipinski definition) is 2. The Bertz CT molecular complexity index is 1100. The van der Waals surface area contributed by atoms with Gasteiger partial charge in [0.05, 0.1) is 17.8 Å². The maximum atomic E-state index is 12.8. The van der Waals surface area contributed by atoms with Crippen LogP contribution in [0, 0.1) is 0 Å². The molecule has 1 heterocycles.